The van der Waals surface area contributed by atoms with Crippen molar-refractivity contribution in [3.05, 3.63) is 59.7 Å². The Balaban J connectivity index is 2.10. The van der Waals surface area contributed by atoms with Crippen LogP contribution >= 0.6 is 0 Å². The van der Waals surface area contributed by atoms with E-state index in [4.69, 9.17) is 4.74 Å². The van der Waals surface area contributed by atoms with Crippen LogP contribution in [0.2, 0.25) is 0 Å². The Morgan fingerprint density at radius 2 is 1.71 bits per heavy atom. The quantitative estimate of drug-likeness (QED) is 0.834. The summed E-state index contributed by atoms with van der Waals surface area (Å²) in [6.45, 7) is 4.60. The summed E-state index contributed by atoms with van der Waals surface area (Å²) in [7, 11) is 0. The van der Waals surface area contributed by atoms with Crippen LogP contribution in [0.15, 0.2) is 48.5 Å². The average Bonchev–Trinajstić information content (AvgIpc) is 2.53. The Kier molecular flexibility index (Phi) is 5.49. The number of benzene rings is 2. The molecule has 0 fully saturated rings. The summed E-state index contributed by atoms with van der Waals surface area (Å²) in [4.78, 5) is 12.1. The summed E-state index contributed by atoms with van der Waals surface area (Å²) in [6, 6.07) is 11.2. The van der Waals surface area contributed by atoms with E-state index in [1.807, 2.05) is 13.8 Å². The molecule has 1 amide bonds. The second kappa shape index (κ2) is 7.38. The third kappa shape index (κ3) is 4.75. The van der Waals surface area contributed by atoms with Gasteiger partial charge in [0.15, 0.2) is 0 Å². The Labute approximate surface area is 138 Å². The predicted octanol–water partition coefficient (Wildman–Crippen LogP) is 4.99. The highest BCUT2D eigenvalue weighted by molar-refractivity contribution is 6.05. The largest absolute Gasteiger partial charge is 0.493 e. The number of hydrogen-bond acceptors (Lipinski definition) is 2. The van der Waals surface area contributed by atoms with E-state index in [0.717, 1.165) is 12.1 Å². The highest BCUT2D eigenvalue weighted by Crippen LogP contribution is 2.32. The molecule has 2 rings (SSSR count). The highest BCUT2D eigenvalue weighted by atomic mass is 19.4. The molecule has 0 spiro atoms. The highest BCUT2D eigenvalue weighted by Gasteiger charge is 2.34. The van der Waals surface area contributed by atoms with Crippen LogP contribution in [0.25, 0.3) is 0 Å². The van der Waals surface area contributed by atoms with E-state index < -0.39 is 23.2 Å². The molecule has 0 aliphatic carbocycles. The number of hydrogen-bond donors (Lipinski definition) is 1. The van der Waals surface area contributed by atoms with Crippen LogP contribution in [0.1, 0.15) is 29.8 Å². The van der Waals surface area contributed by atoms with Crippen LogP contribution in [-0.4, -0.2) is 12.5 Å². The van der Waals surface area contributed by atoms with Gasteiger partial charge in [-0.2, -0.15) is 13.2 Å². The van der Waals surface area contributed by atoms with Gasteiger partial charge >= 0.3 is 6.18 Å². The molecule has 0 unspecified atom stereocenters. The molecular formula is C18H18F3NO2. The molecule has 0 aliphatic rings. The minimum Gasteiger partial charge on any atom is -0.493 e. The van der Waals surface area contributed by atoms with E-state index in [-0.39, 0.29) is 0 Å². The summed E-state index contributed by atoms with van der Waals surface area (Å²) in [5.41, 5.74) is -0.974. The molecule has 0 saturated carbocycles. The Hall–Kier alpha value is -2.50. The fraction of sp³-hybridized carbons (Fsp3) is 0.278. The summed E-state index contributed by atoms with van der Waals surface area (Å²) >= 11 is 0. The van der Waals surface area contributed by atoms with E-state index in [0.29, 0.717) is 24.0 Å². The molecule has 3 nitrogen and oxygen atoms in total. The first-order valence-electron chi connectivity index (χ1n) is 7.48. The lowest BCUT2D eigenvalue weighted by Crippen LogP contribution is -2.18. The van der Waals surface area contributed by atoms with E-state index in [2.05, 4.69) is 5.32 Å². The molecule has 0 saturated heterocycles. The number of carbonyl (C=O) groups is 1. The van der Waals surface area contributed by atoms with Gasteiger partial charge in [0, 0.05) is 5.69 Å². The molecule has 24 heavy (non-hydrogen) atoms. The van der Waals surface area contributed by atoms with Crippen LogP contribution in [-0.2, 0) is 6.18 Å². The summed E-state index contributed by atoms with van der Waals surface area (Å²) in [6.07, 6.45) is -4.58. The first-order chi connectivity index (χ1) is 11.3. The molecule has 0 aromatic heterocycles. The molecule has 0 radical (unpaired) electrons. The Morgan fingerprint density at radius 3 is 2.29 bits per heavy atom. The molecule has 0 bridgehead atoms. The van der Waals surface area contributed by atoms with Gasteiger partial charge < -0.3 is 10.1 Å². The number of alkyl halides is 3. The molecule has 128 valence electrons. The third-order valence-electron chi connectivity index (χ3n) is 3.17. The fourth-order valence-corrected chi connectivity index (χ4v) is 2.02. The molecule has 1 N–H and O–H groups in total. The number of ether oxygens (including phenoxy) is 1. The van der Waals surface area contributed by atoms with Crippen molar-refractivity contribution in [1.29, 1.82) is 0 Å². The molecule has 6 heteroatoms. The van der Waals surface area contributed by atoms with Crippen molar-refractivity contribution in [2.24, 2.45) is 5.92 Å². The molecule has 2 aromatic carbocycles. The van der Waals surface area contributed by atoms with Crippen LogP contribution < -0.4 is 10.1 Å². The second-order valence-electron chi connectivity index (χ2n) is 5.73. The maximum Gasteiger partial charge on any atom is 0.417 e. The molecule has 0 atom stereocenters. The number of carbonyl (C=O) groups excluding carboxylic acids is 1. The zero-order valence-corrected chi connectivity index (χ0v) is 13.4. The Bertz CT molecular complexity index is 694. The van der Waals surface area contributed by atoms with Crippen LogP contribution in [0.5, 0.6) is 5.75 Å². The third-order valence-corrected chi connectivity index (χ3v) is 3.17. The summed E-state index contributed by atoms with van der Waals surface area (Å²) < 4.78 is 44.4. The van der Waals surface area contributed by atoms with Crippen molar-refractivity contribution in [3.63, 3.8) is 0 Å². The number of nitrogens with one attached hydrogen (secondary N) is 1. The maximum absolute atomic E-state index is 13.0. The maximum atomic E-state index is 13.0. The lowest BCUT2D eigenvalue weighted by molar-refractivity contribution is -0.137. The summed E-state index contributed by atoms with van der Waals surface area (Å²) in [5.74, 6) is 0.208. The smallest absolute Gasteiger partial charge is 0.417 e. The minimum atomic E-state index is -4.58. The van der Waals surface area contributed by atoms with Gasteiger partial charge in [-0.05, 0) is 42.3 Å². The summed E-state index contributed by atoms with van der Waals surface area (Å²) in [5, 5.41) is 2.47. The van der Waals surface area contributed by atoms with Crippen molar-refractivity contribution in [2.75, 3.05) is 11.9 Å². The van der Waals surface area contributed by atoms with Crippen LogP contribution in [0, 0.1) is 5.92 Å². The van der Waals surface area contributed by atoms with Gasteiger partial charge in [-0.15, -0.1) is 0 Å². The van der Waals surface area contributed by atoms with Gasteiger partial charge in [-0.1, -0.05) is 26.0 Å². The number of amides is 1. The van der Waals surface area contributed by atoms with Gasteiger partial charge in [0.25, 0.3) is 5.91 Å². The molecular weight excluding hydrogens is 319 g/mol. The lowest BCUT2D eigenvalue weighted by atomic mass is 10.1. The van der Waals surface area contributed by atoms with Gasteiger partial charge in [0.2, 0.25) is 0 Å². The number of rotatable bonds is 5. The number of anilines is 1. The van der Waals surface area contributed by atoms with Crippen LogP contribution in [0.3, 0.4) is 0 Å². The lowest BCUT2D eigenvalue weighted by Gasteiger charge is -2.13. The fourth-order valence-electron chi connectivity index (χ4n) is 2.02. The predicted molar refractivity (Wildman–Crippen MR) is 86.2 cm³/mol. The van der Waals surface area contributed by atoms with Gasteiger partial charge in [-0.3, -0.25) is 4.79 Å². The van der Waals surface area contributed by atoms with Gasteiger partial charge in [0.05, 0.1) is 17.7 Å². The van der Waals surface area contributed by atoms with Crippen molar-refractivity contribution in [3.8, 4) is 5.75 Å². The van der Waals surface area contributed by atoms with Gasteiger partial charge in [0.1, 0.15) is 5.75 Å². The zero-order chi connectivity index (χ0) is 17.7. The van der Waals surface area contributed by atoms with E-state index in [1.54, 1.807) is 24.3 Å². The first-order valence-corrected chi connectivity index (χ1v) is 7.48. The van der Waals surface area contributed by atoms with E-state index in [9.17, 15) is 18.0 Å². The standard InChI is InChI=1S/C18H18F3NO2/c1-12(2)11-24-14-9-7-13(8-10-14)22-17(23)15-5-3-4-6-16(15)18(19,20)21/h3-10,12H,11H2,1-2H3,(H,22,23). The van der Waals surface area contributed by atoms with Crippen LogP contribution in [0.4, 0.5) is 18.9 Å². The topological polar surface area (TPSA) is 38.3 Å². The molecule has 2 aromatic rings. The van der Waals surface area contributed by atoms with Crippen molar-refractivity contribution < 1.29 is 22.7 Å². The van der Waals surface area contributed by atoms with Crippen molar-refractivity contribution >= 4 is 11.6 Å². The van der Waals surface area contributed by atoms with Crippen molar-refractivity contribution in [2.45, 2.75) is 20.0 Å². The Morgan fingerprint density at radius 1 is 1.08 bits per heavy atom. The normalized spacial score (nSPS) is 11.4. The second-order valence-corrected chi connectivity index (χ2v) is 5.73. The SMILES string of the molecule is CC(C)COc1ccc(NC(=O)c2ccccc2C(F)(F)F)cc1. The van der Waals surface area contributed by atoms with E-state index in [1.165, 1.54) is 12.1 Å². The molecule has 0 heterocycles. The monoisotopic (exact) mass is 337 g/mol. The van der Waals surface area contributed by atoms with Crippen molar-refractivity contribution in [1.82, 2.24) is 0 Å². The van der Waals surface area contributed by atoms with E-state index >= 15 is 0 Å². The number of halogens is 3. The molecule has 0 aliphatic heterocycles. The van der Waals surface area contributed by atoms with Gasteiger partial charge in [-0.25, -0.2) is 0 Å². The zero-order valence-electron chi connectivity index (χ0n) is 13.4. The first kappa shape index (κ1) is 17.8. The minimum absolute atomic E-state index is 0.378. The average molecular weight is 337 g/mol.